The number of halogens is 1. The standard InChI is InChI=1S/C30H23BrN4O2/c1-18-8-11-24(12-9-18)34-19(2)14-22(20(34)3)17-32-35-29(33-26-7-5-4-6-25(26)30(35)36)28-16-21-15-23(31)10-13-27(21)37-28/h4-17H,1-3H3. The molecule has 0 radical (unpaired) electrons. The lowest BCUT2D eigenvalue weighted by atomic mass is 10.2. The summed E-state index contributed by atoms with van der Waals surface area (Å²) in [4.78, 5) is 18.4. The summed E-state index contributed by atoms with van der Waals surface area (Å²) in [6.07, 6.45) is 1.72. The van der Waals surface area contributed by atoms with E-state index in [0.717, 1.165) is 32.5 Å². The van der Waals surface area contributed by atoms with Crippen LogP contribution in [0.15, 0.2) is 97.6 Å². The topological polar surface area (TPSA) is 65.3 Å². The maximum absolute atomic E-state index is 13.6. The van der Waals surface area contributed by atoms with Gasteiger partial charge >= 0.3 is 0 Å². The van der Waals surface area contributed by atoms with Crippen molar-refractivity contribution < 1.29 is 4.42 Å². The normalized spacial score (nSPS) is 11.8. The van der Waals surface area contributed by atoms with Crippen LogP contribution in [0, 0.1) is 20.8 Å². The number of nitrogens with zero attached hydrogens (tertiary/aromatic N) is 4. The number of hydrogen-bond donors (Lipinski definition) is 0. The van der Waals surface area contributed by atoms with Crippen molar-refractivity contribution in [3.63, 3.8) is 0 Å². The molecule has 0 saturated heterocycles. The van der Waals surface area contributed by atoms with Crippen molar-refractivity contribution in [2.45, 2.75) is 20.8 Å². The third-order valence-corrected chi connectivity index (χ3v) is 7.02. The first kappa shape index (κ1) is 23.2. The summed E-state index contributed by atoms with van der Waals surface area (Å²) in [7, 11) is 0. The van der Waals surface area contributed by atoms with Crippen LogP contribution in [0.1, 0.15) is 22.5 Å². The van der Waals surface area contributed by atoms with Gasteiger partial charge < -0.3 is 8.98 Å². The predicted molar refractivity (Wildman–Crippen MR) is 152 cm³/mol. The van der Waals surface area contributed by atoms with E-state index in [1.54, 1.807) is 12.3 Å². The Bertz CT molecular complexity index is 1890. The van der Waals surface area contributed by atoms with E-state index in [-0.39, 0.29) is 5.56 Å². The fourth-order valence-electron chi connectivity index (χ4n) is 4.64. The van der Waals surface area contributed by atoms with Crippen LogP contribution in [-0.2, 0) is 0 Å². The van der Waals surface area contributed by atoms with Crippen molar-refractivity contribution in [2.24, 2.45) is 5.10 Å². The molecule has 6 nitrogen and oxygen atoms in total. The molecule has 0 fully saturated rings. The lowest BCUT2D eigenvalue weighted by Gasteiger charge is -2.10. The Morgan fingerprint density at radius 2 is 1.73 bits per heavy atom. The SMILES string of the molecule is Cc1ccc(-n2c(C)cc(C=Nn3c(-c4cc5cc(Br)ccc5o4)nc4ccccc4c3=O)c2C)cc1. The molecule has 6 aromatic rings. The van der Waals surface area contributed by atoms with Crippen molar-refractivity contribution >= 4 is 44.0 Å². The van der Waals surface area contributed by atoms with Gasteiger partial charge in [-0.05, 0) is 75.4 Å². The second-order valence-electron chi connectivity index (χ2n) is 9.10. The van der Waals surface area contributed by atoms with Crippen LogP contribution in [0.25, 0.3) is 39.1 Å². The van der Waals surface area contributed by atoms with Crippen LogP contribution in [0.3, 0.4) is 0 Å². The van der Waals surface area contributed by atoms with Gasteiger partial charge in [-0.25, -0.2) is 4.98 Å². The van der Waals surface area contributed by atoms with E-state index in [9.17, 15) is 4.79 Å². The molecule has 3 heterocycles. The molecule has 0 unspecified atom stereocenters. The molecule has 182 valence electrons. The van der Waals surface area contributed by atoms with Gasteiger partial charge in [-0.1, -0.05) is 45.8 Å². The molecule has 0 aliphatic rings. The van der Waals surface area contributed by atoms with Crippen LogP contribution in [0.4, 0.5) is 0 Å². The van der Waals surface area contributed by atoms with Crippen LogP contribution in [-0.4, -0.2) is 20.4 Å². The Morgan fingerprint density at radius 1 is 0.946 bits per heavy atom. The highest BCUT2D eigenvalue weighted by molar-refractivity contribution is 9.10. The maximum atomic E-state index is 13.6. The van der Waals surface area contributed by atoms with E-state index >= 15 is 0 Å². The molecule has 0 aliphatic carbocycles. The van der Waals surface area contributed by atoms with Crippen molar-refractivity contribution in [3.05, 3.63) is 116 Å². The monoisotopic (exact) mass is 550 g/mol. The second kappa shape index (κ2) is 9.01. The zero-order chi connectivity index (χ0) is 25.7. The molecule has 6 rings (SSSR count). The molecule has 0 atom stereocenters. The van der Waals surface area contributed by atoms with Gasteiger partial charge in [0.05, 0.1) is 17.1 Å². The van der Waals surface area contributed by atoms with Gasteiger partial charge in [0.1, 0.15) is 5.58 Å². The largest absolute Gasteiger partial charge is 0.453 e. The lowest BCUT2D eigenvalue weighted by Crippen LogP contribution is -2.20. The second-order valence-corrected chi connectivity index (χ2v) is 10.0. The molecule has 37 heavy (non-hydrogen) atoms. The third-order valence-electron chi connectivity index (χ3n) is 6.53. The average Bonchev–Trinajstić information content (AvgIpc) is 3.43. The van der Waals surface area contributed by atoms with Crippen molar-refractivity contribution in [1.82, 2.24) is 14.2 Å². The van der Waals surface area contributed by atoms with Gasteiger partial charge in [0.2, 0.25) is 5.82 Å². The van der Waals surface area contributed by atoms with Gasteiger partial charge in [0.25, 0.3) is 5.56 Å². The van der Waals surface area contributed by atoms with E-state index in [2.05, 4.69) is 69.8 Å². The van der Waals surface area contributed by atoms with E-state index < -0.39 is 0 Å². The average molecular weight is 551 g/mol. The Labute approximate surface area is 221 Å². The van der Waals surface area contributed by atoms with Crippen LogP contribution >= 0.6 is 15.9 Å². The summed E-state index contributed by atoms with van der Waals surface area (Å²) in [5.74, 6) is 0.817. The first-order valence-electron chi connectivity index (χ1n) is 11.9. The molecule has 0 bridgehead atoms. The predicted octanol–water partition coefficient (Wildman–Crippen LogP) is 7.17. The summed E-state index contributed by atoms with van der Waals surface area (Å²) >= 11 is 3.50. The number of rotatable bonds is 4. The summed E-state index contributed by atoms with van der Waals surface area (Å²) in [6.45, 7) is 6.19. The van der Waals surface area contributed by atoms with Gasteiger partial charge in [0.15, 0.2) is 5.76 Å². The Hall–Kier alpha value is -4.23. The van der Waals surface area contributed by atoms with E-state index in [4.69, 9.17) is 9.40 Å². The molecule has 7 heteroatoms. The number of aryl methyl sites for hydroxylation is 2. The van der Waals surface area contributed by atoms with E-state index in [1.807, 2.05) is 49.4 Å². The maximum Gasteiger partial charge on any atom is 0.282 e. The highest BCUT2D eigenvalue weighted by atomic mass is 79.9. The Kier molecular flexibility index (Phi) is 5.65. The number of benzene rings is 3. The number of aromatic nitrogens is 3. The van der Waals surface area contributed by atoms with E-state index in [0.29, 0.717) is 28.1 Å². The number of para-hydroxylation sites is 1. The molecule has 3 aromatic heterocycles. The molecule has 0 spiro atoms. The van der Waals surface area contributed by atoms with E-state index in [1.165, 1.54) is 10.2 Å². The van der Waals surface area contributed by atoms with Crippen LogP contribution < -0.4 is 5.56 Å². The Balaban J connectivity index is 1.51. The first-order valence-corrected chi connectivity index (χ1v) is 12.7. The molecule has 0 aliphatic heterocycles. The minimum atomic E-state index is -0.258. The first-order chi connectivity index (χ1) is 17.9. The van der Waals surface area contributed by atoms with Crippen LogP contribution in [0.2, 0.25) is 0 Å². The zero-order valence-electron chi connectivity index (χ0n) is 20.6. The minimum Gasteiger partial charge on any atom is -0.453 e. The minimum absolute atomic E-state index is 0.258. The van der Waals surface area contributed by atoms with Crippen molar-refractivity contribution in [1.29, 1.82) is 0 Å². The zero-order valence-corrected chi connectivity index (χ0v) is 22.2. The lowest BCUT2D eigenvalue weighted by molar-refractivity contribution is 0.616. The summed E-state index contributed by atoms with van der Waals surface area (Å²) < 4.78 is 10.5. The number of furan rings is 1. The number of hydrogen-bond acceptors (Lipinski definition) is 4. The van der Waals surface area contributed by atoms with Crippen molar-refractivity contribution in [2.75, 3.05) is 0 Å². The smallest absolute Gasteiger partial charge is 0.282 e. The number of fused-ring (bicyclic) bond motifs is 2. The van der Waals surface area contributed by atoms with Gasteiger partial charge in [-0.2, -0.15) is 9.78 Å². The fourth-order valence-corrected chi connectivity index (χ4v) is 5.02. The summed E-state index contributed by atoms with van der Waals surface area (Å²) in [5, 5.41) is 6.05. The molecule has 0 N–H and O–H groups in total. The Morgan fingerprint density at radius 3 is 2.54 bits per heavy atom. The van der Waals surface area contributed by atoms with Gasteiger partial charge in [0, 0.05) is 32.5 Å². The quantitative estimate of drug-likeness (QED) is 0.218. The van der Waals surface area contributed by atoms with Crippen molar-refractivity contribution in [3.8, 4) is 17.3 Å². The molecule has 0 saturated carbocycles. The molecule has 3 aromatic carbocycles. The molecule has 0 amide bonds. The fraction of sp³-hybridized carbons (Fsp3) is 0.100. The summed E-state index contributed by atoms with van der Waals surface area (Å²) in [5.41, 5.74) is 6.35. The van der Waals surface area contributed by atoms with Crippen LogP contribution in [0.5, 0.6) is 0 Å². The third kappa shape index (κ3) is 4.11. The van der Waals surface area contributed by atoms with Gasteiger partial charge in [-0.3, -0.25) is 4.79 Å². The molecular formula is C30H23BrN4O2. The summed E-state index contributed by atoms with van der Waals surface area (Å²) in [6, 6.07) is 25.4. The van der Waals surface area contributed by atoms with Gasteiger partial charge in [-0.15, -0.1) is 0 Å². The molecular weight excluding hydrogens is 528 g/mol. The highest BCUT2D eigenvalue weighted by Crippen LogP contribution is 2.29. The highest BCUT2D eigenvalue weighted by Gasteiger charge is 2.17.